The summed E-state index contributed by atoms with van der Waals surface area (Å²) in [5.74, 6) is 0.270. The van der Waals surface area contributed by atoms with Gasteiger partial charge in [0.1, 0.15) is 5.82 Å². The standard InChI is InChI=1S/C20H29FN2O2/c1-14(2)4-5-15(3)22-19(24)16-10-12-23(13-11-16)20(25)17-6-8-18(21)9-7-17/h6-9,14-16H,4-5,10-13H2,1-3H3,(H,22,24). The van der Waals surface area contributed by atoms with Gasteiger partial charge in [0.05, 0.1) is 0 Å². The first-order valence-electron chi connectivity index (χ1n) is 9.22. The number of piperidine rings is 1. The summed E-state index contributed by atoms with van der Waals surface area (Å²) < 4.78 is 13.0. The van der Waals surface area contributed by atoms with Crippen molar-refractivity contribution in [2.45, 2.75) is 52.5 Å². The maximum atomic E-state index is 13.0. The van der Waals surface area contributed by atoms with Gasteiger partial charge in [0.25, 0.3) is 5.91 Å². The van der Waals surface area contributed by atoms with E-state index in [1.165, 1.54) is 24.3 Å². The van der Waals surface area contributed by atoms with Crippen molar-refractivity contribution in [2.75, 3.05) is 13.1 Å². The molecule has 0 radical (unpaired) electrons. The number of hydrogen-bond donors (Lipinski definition) is 1. The highest BCUT2D eigenvalue weighted by Crippen LogP contribution is 2.20. The fraction of sp³-hybridized carbons (Fsp3) is 0.600. The maximum Gasteiger partial charge on any atom is 0.253 e. The second kappa shape index (κ2) is 8.97. The monoisotopic (exact) mass is 348 g/mol. The average molecular weight is 348 g/mol. The summed E-state index contributed by atoms with van der Waals surface area (Å²) >= 11 is 0. The molecule has 0 spiro atoms. The number of benzene rings is 1. The van der Waals surface area contributed by atoms with Crippen LogP contribution in [0.3, 0.4) is 0 Å². The number of nitrogens with one attached hydrogen (secondary N) is 1. The lowest BCUT2D eigenvalue weighted by Crippen LogP contribution is -2.44. The Morgan fingerprint density at radius 1 is 1.12 bits per heavy atom. The van der Waals surface area contributed by atoms with E-state index in [9.17, 15) is 14.0 Å². The Bertz CT molecular complexity index is 578. The summed E-state index contributed by atoms with van der Waals surface area (Å²) in [6.45, 7) is 7.54. The van der Waals surface area contributed by atoms with Crippen molar-refractivity contribution in [1.82, 2.24) is 10.2 Å². The van der Waals surface area contributed by atoms with Crippen LogP contribution in [0.15, 0.2) is 24.3 Å². The topological polar surface area (TPSA) is 49.4 Å². The van der Waals surface area contributed by atoms with Gasteiger partial charge >= 0.3 is 0 Å². The molecule has 1 fully saturated rings. The van der Waals surface area contributed by atoms with Crippen LogP contribution >= 0.6 is 0 Å². The highest BCUT2D eigenvalue weighted by Gasteiger charge is 2.28. The molecule has 1 N–H and O–H groups in total. The molecule has 5 heteroatoms. The molecule has 138 valence electrons. The Morgan fingerprint density at radius 3 is 2.28 bits per heavy atom. The smallest absolute Gasteiger partial charge is 0.253 e. The second-order valence-corrected chi connectivity index (χ2v) is 7.45. The molecule has 1 saturated heterocycles. The Hall–Kier alpha value is -1.91. The SMILES string of the molecule is CC(C)CCC(C)NC(=O)C1CCN(C(=O)c2ccc(F)cc2)CC1. The number of carbonyl (C=O) groups excluding carboxylic acids is 2. The highest BCUT2D eigenvalue weighted by atomic mass is 19.1. The molecule has 2 amide bonds. The molecule has 2 rings (SSSR count). The van der Waals surface area contributed by atoms with E-state index in [0.717, 1.165) is 12.8 Å². The Morgan fingerprint density at radius 2 is 1.72 bits per heavy atom. The third-order valence-electron chi connectivity index (χ3n) is 4.81. The Labute approximate surface area is 149 Å². The fourth-order valence-corrected chi connectivity index (χ4v) is 3.14. The minimum atomic E-state index is -0.349. The number of carbonyl (C=O) groups is 2. The summed E-state index contributed by atoms with van der Waals surface area (Å²) in [5, 5.41) is 3.10. The van der Waals surface area contributed by atoms with E-state index in [2.05, 4.69) is 19.2 Å². The first-order valence-corrected chi connectivity index (χ1v) is 9.22. The van der Waals surface area contributed by atoms with Crippen LogP contribution in [-0.4, -0.2) is 35.8 Å². The van der Waals surface area contributed by atoms with Gasteiger partial charge < -0.3 is 10.2 Å². The average Bonchev–Trinajstić information content (AvgIpc) is 2.60. The van der Waals surface area contributed by atoms with Crippen LogP contribution in [0, 0.1) is 17.7 Å². The van der Waals surface area contributed by atoms with Crippen molar-refractivity contribution in [1.29, 1.82) is 0 Å². The van der Waals surface area contributed by atoms with Crippen LogP contribution < -0.4 is 5.32 Å². The molecule has 1 aliphatic rings. The number of halogens is 1. The summed E-state index contributed by atoms with van der Waals surface area (Å²) in [5.41, 5.74) is 0.492. The van der Waals surface area contributed by atoms with Crippen molar-refractivity contribution in [3.63, 3.8) is 0 Å². The van der Waals surface area contributed by atoms with Crippen LogP contribution in [-0.2, 0) is 4.79 Å². The van der Waals surface area contributed by atoms with E-state index in [4.69, 9.17) is 0 Å². The van der Waals surface area contributed by atoms with Gasteiger partial charge in [-0.3, -0.25) is 9.59 Å². The molecule has 1 aromatic carbocycles. The van der Waals surface area contributed by atoms with Crippen molar-refractivity contribution in [3.05, 3.63) is 35.6 Å². The Kier molecular flexibility index (Phi) is 6.97. The van der Waals surface area contributed by atoms with E-state index >= 15 is 0 Å². The molecule has 1 heterocycles. The van der Waals surface area contributed by atoms with Gasteiger partial charge in [0, 0.05) is 30.6 Å². The molecule has 0 aromatic heterocycles. The molecule has 1 aromatic rings. The van der Waals surface area contributed by atoms with E-state index in [1.54, 1.807) is 4.90 Å². The molecule has 0 bridgehead atoms. The van der Waals surface area contributed by atoms with Gasteiger partial charge in [-0.2, -0.15) is 0 Å². The Balaban J connectivity index is 1.79. The zero-order valence-corrected chi connectivity index (χ0v) is 15.4. The predicted molar refractivity (Wildman–Crippen MR) is 96.7 cm³/mol. The third kappa shape index (κ3) is 5.83. The van der Waals surface area contributed by atoms with Gasteiger partial charge in [-0.25, -0.2) is 4.39 Å². The maximum absolute atomic E-state index is 13.0. The zero-order valence-electron chi connectivity index (χ0n) is 15.4. The van der Waals surface area contributed by atoms with Gasteiger partial charge in [-0.15, -0.1) is 0 Å². The molecule has 1 aliphatic heterocycles. The quantitative estimate of drug-likeness (QED) is 0.854. The molecule has 0 aliphatic carbocycles. The predicted octanol–water partition coefficient (Wildman–Crippen LogP) is 3.62. The van der Waals surface area contributed by atoms with Gasteiger partial charge in [0.2, 0.25) is 5.91 Å². The largest absolute Gasteiger partial charge is 0.353 e. The molecule has 4 nitrogen and oxygen atoms in total. The molecule has 1 unspecified atom stereocenters. The molecule has 1 atom stereocenters. The lowest BCUT2D eigenvalue weighted by Gasteiger charge is -2.32. The minimum Gasteiger partial charge on any atom is -0.353 e. The number of amides is 2. The number of hydrogen-bond acceptors (Lipinski definition) is 2. The highest BCUT2D eigenvalue weighted by molar-refractivity contribution is 5.94. The van der Waals surface area contributed by atoms with Crippen molar-refractivity contribution < 1.29 is 14.0 Å². The number of nitrogens with zero attached hydrogens (tertiary/aromatic N) is 1. The van der Waals surface area contributed by atoms with Crippen LogP contribution in [0.25, 0.3) is 0 Å². The van der Waals surface area contributed by atoms with Gasteiger partial charge in [0.15, 0.2) is 0 Å². The number of rotatable bonds is 6. The van der Waals surface area contributed by atoms with E-state index in [0.29, 0.717) is 37.4 Å². The zero-order chi connectivity index (χ0) is 18.4. The summed E-state index contributed by atoms with van der Waals surface area (Å²) in [7, 11) is 0. The van der Waals surface area contributed by atoms with Crippen LogP contribution in [0.2, 0.25) is 0 Å². The van der Waals surface area contributed by atoms with Crippen molar-refractivity contribution >= 4 is 11.8 Å². The lowest BCUT2D eigenvalue weighted by molar-refractivity contribution is -0.127. The minimum absolute atomic E-state index is 0.0289. The molecular weight excluding hydrogens is 319 g/mol. The van der Waals surface area contributed by atoms with E-state index < -0.39 is 0 Å². The van der Waals surface area contributed by atoms with Gasteiger partial charge in [-0.1, -0.05) is 13.8 Å². The number of likely N-dealkylation sites (tertiary alicyclic amines) is 1. The third-order valence-corrected chi connectivity index (χ3v) is 4.81. The van der Waals surface area contributed by atoms with Crippen molar-refractivity contribution in [3.8, 4) is 0 Å². The summed E-state index contributed by atoms with van der Waals surface area (Å²) in [6.07, 6.45) is 3.45. The summed E-state index contributed by atoms with van der Waals surface area (Å²) in [4.78, 5) is 26.5. The molecule has 0 saturated carbocycles. The normalized spacial score (nSPS) is 16.8. The second-order valence-electron chi connectivity index (χ2n) is 7.45. The molecule has 25 heavy (non-hydrogen) atoms. The van der Waals surface area contributed by atoms with Crippen LogP contribution in [0.5, 0.6) is 0 Å². The molecular formula is C20H29FN2O2. The van der Waals surface area contributed by atoms with Crippen LogP contribution in [0.4, 0.5) is 4.39 Å². The van der Waals surface area contributed by atoms with Crippen molar-refractivity contribution in [2.24, 2.45) is 11.8 Å². The van der Waals surface area contributed by atoms with E-state index in [-0.39, 0.29) is 29.6 Å². The lowest BCUT2D eigenvalue weighted by atomic mass is 9.94. The summed E-state index contributed by atoms with van der Waals surface area (Å²) in [6, 6.07) is 5.80. The van der Waals surface area contributed by atoms with Crippen LogP contribution in [0.1, 0.15) is 56.8 Å². The van der Waals surface area contributed by atoms with E-state index in [1.807, 2.05) is 6.92 Å². The first-order chi connectivity index (χ1) is 11.9. The fourth-order valence-electron chi connectivity index (χ4n) is 3.14. The first kappa shape index (κ1) is 19.4. The van der Waals surface area contributed by atoms with Gasteiger partial charge in [-0.05, 0) is 62.8 Å².